The van der Waals surface area contributed by atoms with E-state index in [0.717, 1.165) is 0 Å². The van der Waals surface area contributed by atoms with Crippen molar-refractivity contribution >= 4 is 23.9 Å². The van der Waals surface area contributed by atoms with E-state index in [2.05, 4.69) is 0 Å². The fourth-order valence-electron chi connectivity index (χ4n) is 0.745. The summed E-state index contributed by atoms with van der Waals surface area (Å²) in [5.74, 6) is -4.25. The highest BCUT2D eigenvalue weighted by molar-refractivity contribution is 5.89. The highest BCUT2D eigenvalue weighted by atomic mass is 16.4. The molecule has 0 fully saturated rings. The molecule has 0 heterocycles. The third-order valence-corrected chi connectivity index (χ3v) is 2.26. The van der Waals surface area contributed by atoms with E-state index in [1.54, 1.807) is 13.8 Å². The number of hydrogen-bond donors (Lipinski definition) is 6. The summed E-state index contributed by atoms with van der Waals surface area (Å²) in [7, 11) is 0. The molecule has 0 rings (SSSR count). The van der Waals surface area contributed by atoms with Crippen LogP contribution in [0.25, 0.3) is 0 Å². The number of carbonyl (C=O) groups is 4. The maximum atomic E-state index is 9.90. The fourth-order valence-corrected chi connectivity index (χ4v) is 0.745. The summed E-state index contributed by atoms with van der Waals surface area (Å²) < 4.78 is 0. The molecule has 0 aliphatic rings. The average molecular weight is 366 g/mol. The van der Waals surface area contributed by atoms with Crippen LogP contribution in [0.3, 0.4) is 0 Å². The number of carboxylic acids is 4. The van der Waals surface area contributed by atoms with Gasteiger partial charge in [0.25, 0.3) is 0 Å². The maximum absolute atomic E-state index is 9.90. The summed E-state index contributed by atoms with van der Waals surface area (Å²) >= 11 is 0. The molecule has 0 unspecified atom stereocenters. The predicted octanol–water partition coefficient (Wildman–Crippen LogP) is 0.425. The van der Waals surface area contributed by atoms with Crippen molar-refractivity contribution in [3.05, 3.63) is 12.2 Å². The van der Waals surface area contributed by atoms with Crippen molar-refractivity contribution in [1.82, 2.24) is 0 Å². The van der Waals surface area contributed by atoms with E-state index in [9.17, 15) is 19.2 Å². The minimum atomic E-state index is -1.26. The number of unbranched alkanes of at least 4 members (excludes halogenated alkanes) is 1. The molecule has 0 aromatic carbocycles. The molecule has 10 heteroatoms. The first kappa shape index (κ1) is 27.4. The smallest absolute Gasteiger partial charge is 0.328 e. The van der Waals surface area contributed by atoms with Crippen molar-refractivity contribution in [2.45, 2.75) is 39.5 Å². The van der Waals surface area contributed by atoms with Crippen LogP contribution in [-0.4, -0.2) is 67.7 Å². The molecule has 25 heavy (non-hydrogen) atoms. The van der Waals surface area contributed by atoms with Gasteiger partial charge < -0.3 is 30.6 Å². The van der Waals surface area contributed by atoms with Gasteiger partial charge in [0, 0.05) is 30.4 Å². The van der Waals surface area contributed by atoms with Gasteiger partial charge >= 0.3 is 23.9 Å². The van der Waals surface area contributed by atoms with Crippen molar-refractivity contribution in [2.75, 3.05) is 13.2 Å². The third kappa shape index (κ3) is 34.1. The van der Waals surface area contributed by atoms with Crippen LogP contribution in [0.5, 0.6) is 0 Å². The normalized spacial score (nSPS) is 10.1. The van der Waals surface area contributed by atoms with Crippen LogP contribution in [0.4, 0.5) is 0 Å². The van der Waals surface area contributed by atoms with Crippen LogP contribution < -0.4 is 0 Å². The van der Waals surface area contributed by atoms with Crippen LogP contribution in [-0.2, 0) is 19.2 Å². The molecule has 0 amide bonds. The number of aliphatic hydroxyl groups is 2. The lowest BCUT2D eigenvalue weighted by molar-refractivity contribution is -0.139. The molecular weight excluding hydrogens is 340 g/mol. The second-order valence-electron chi connectivity index (χ2n) is 5.48. The van der Waals surface area contributed by atoms with Crippen LogP contribution in [0.1, 0.15) is 39.5 Å². The largest absolute Gasteiger partial charge is 0.481 e. The van der Waals surface area contributed by atoms with E-state index in [0.29, 0.717) is 25.0 Å². The van der Waals surface area contributed by atoms with Gasteiger partial charge in [-0.05, 0) is 12.8 Å². The van der Waals surface area contributed by atoms with E-state index < -0.39 is 23.9 Å². The molecule has 0 atom stereocenters. The summed E-state index contributed by atoms with van der Waals surface area (Å²) in [6.45, 7) is 3.69. The quantitative estimate of drug-likeness (QED) is 0.246. The molecular formula is C15H26O10. The number of carboxylic acid groups (broad SMARTS) is 4. The Hall–Kier alpha value is -2.46. The Morgan fingerprint density at radius 3 is 1.12 bits per heavy atom. The Morgan fingerprint density at radius 1 is 0.720 bits per heavy atom. The zero-order valence-electron chi connectivity index (χ0n) is 14.2. The summed E-state index contributed by atoms with van der Waals surface area (Å²) in [5, 5.41) is 48.8. The molecule has 0 aliphatic heterocycles. The van der Waals surface area contributed by atoms with Crippen molar-refractivity contribution in [3.8, 4) is 0 Å². The van der Waals surface area contributed by atoms with Crippen molar-refractivity contribution in [2.24, 2.45) is 5.41 Å². The van der Waals surface area contributed by atoms with Gasteiger partial charge in [0.1, 0.15) is 0 Å². The predicted molar refractivity (Wildman–Crippen MR) is 86.1 cm³/mol. The van der Waals surface area contributed by atoms with Crippen LogP contribution in [0.2, 0.25) is 0 Å². The Balaban J connectivity index is -0.000000296. The van der Waals surface area contributed by atoms with Gasteiger partial charge in [0.15, 0.2) is 0 Å². The highest BCUT2D eigenvalue weighted by Gasteiger charge is 2.13. The second-order valence-corrected chi connectivity index (χ2v) is 5.48. The van der Waals surface area contributed by atoms with Crippen molar-refractivity contribution < 1.29 is 49.8 Å². The van der Waals surface area contributed by atoms with Crippen molar-refractivity contribution in [3.63, 3.8) is 0 Å². The van der Waals surface area contributed by atoms with E-state index >= 15 is 0 Å². The van der Waals surface area contributed by atoms with Gasteiger partial charge in [-0.25, -0.2) is 9.59 Å². The molecule has 0 saturated carbocycles. The molecule has 0 aliphatic carbocycles. The average Bonchev–Trinajstić information content (AvgIpc) is 2.50. The summed E-state index contributed by atoms with van der Waals surface area (Å²) in [5.41, 5.74) is -0.306. The lowest BCUT2D eigenvalue weighted by Crippen LogP contribution is -2.20. The van der Waals surface area contributed by atoms with Gasteiger partial charge in [0.05, 0.1) is 13.2 Å². The molecule has 0 aromatic heterocycles. The topological polar surface area (TPSA) is 190 Å². The molecule has 10 nitrogen and oxygen atoms in total. The molecule has 0 saturated heterocycles. The lowest BCUT2D eigenvalue weighted by Gasteiger charge is -2.16. The minimum absolute atomic E-state index is 0.0451. The molecule has 146 valence electrons. The van der Waals surface area contributed by atoms with Gasteiger partial charge in [-0.1, -0.05) is 13.8 Å². The van der Waals surface area contributed by atoms with E-state index in [1.807, 2.05) is 0 Å². The summed E-state index contributed by atoms with van der Waals surface area (Å²) in [6, 6.07) is 0. The maximum Gasteiger partial charge on any atom is 0.328 e. The highest BCUT2D eigenvalue weighted by Crippen LogP contribution is 2.10. The minimum Gasteiger partial charge on any atom is -0.481 e. The number of rotatable bonds is 9. The zero-order chi connectivity index (χ0) is 20.5. The monoisotopic (exact) mass is 366 g/mol. The van der Waals surface area contributed by atoms with Crippen LogP contribution in [0.15, 0.2) is 12.2 Å². The molecule has 0 aromatic rings. The van der Waals surface area contributed by atoms with Crippen molar-refractivity contribution in [1.29, 1.82) is 0 Å². The Labute approximate surface area is 145 Å². The summed E-state index contributed by atoms with van der Waals surface area (Å²) in [4.78, 5) is 38.9. The first-order valence-electron chi connectivity index (χ1n) is 7.17. The molecule has 6 N–H and O–H groups in total. The molecule has 0 radical (unpaired) electrons. The number of aliphatic hydroxyl groups excluding tert-OH is 2. The SMILES string of the molecule is CC(C)(CO)CO.O=C(O)C=CC(=O)O.O=C(O)CCCCC(=O)O. The third-order valence-electron chi connectivity index (χ3n) is 2.26. The lowest BCUT2D eigenvalue weighted by atomic mass is 9.97. The van der Waals surface area contributed by atoms with E-state index in [1.165, 1.54) is 0 Å². The zero-order valence-corrected chi connectivity index (χ0v) is 14.2. The Kier molecular flexibility index (Phi) is 18.0. The van der Waals surface area contributed by atoms with Crippen LogP contribution >= 0.6 is 0 Å². The molecule has 0 bridgehead atoms. The first-order valence-corrected chi connectivity index (χ1v) is 7.17. The van der Waals surface area contributed by atoms with Gasteiger partial charge in [-0.3, -0.25) is 9.59 Å². The first-order chi connectivity index (χ1) is 11.4. The summed E-state index contributed by atoms with van der Waals surface area (Å²) in [6.07, 6.45) is 2.13. The Morgan fingerprint density at radius 2 is 1.00 bits per heavy atom. The number of hydrogen-bond acceptors (Lipinski definition) is 6. The Bertz CT molecular complexity index is 402. The molecule has 0 spiro atoms. The standard InChI is InChI=1S/C6H10O4.C5H12O2.C4H4O4/c7-5(8)3-1-2-4-6(9)10;1-5(2,3-6)4-7;5-3(6)1-2-4(7)8/h1-4H2,(H,7,8)(H,9,10);6-7H,3-4H2,1-2H3;1-2H,(H,5,6)(H,7,8). The number of aliphatic carboxylic acids is 4. The second kappa shape index (κ2) is 16.4. The fraction of sp³-hybridized carbons (Fsp3) is 0.600. The van der Waals surface area contributed by atoms with Gasteiger partial charge in [0.2, 0.25) is 0 Å². The van der Waals surface area contributed by atoms with E-state index in [-0.39, 0.29) is 31.5 Å². The van der Waals surface area contributed by atoms with E-state index in [4.69, 9.17) is 30.6 Å². The van der Waals surface area contributed by atoms with Gasteiger partial charge in [-0.2, -0.15) is 0 Å². The van der Waals surface area contributed by atoms with Crippen LogP contribution in [0, 0.1) is 5.41 Å². The van der Waals surface area contributed by atoms with Gasteiger partial charge in [-0.15, -0.1) is 0 Å².